The number of morpholine rings is 1. The maximum Gasteiger partial charge on any atom is 0.161 e. The summed E-state index contributed by atoms with van der Waals surface area (Å²) in [5.41, 5.74) is 1.81. The molecule has 1 saturated heterocycles. The molecule has 2 heterocycles. The van der Waals surface area contributed by atoms with Crippen LogP contribution >= 0.6 is 0 Å². The van der Waals surface area contributed by atoms with Crippen molar-refractivity contribution < 1.29 is 9.84 Å². The third kappa shape index (κ3) is 2.54. The first-order valence-corrected chi connectivity index (χ1v) is 5.57. The van der Waals surface area contributed by atoms with Gasteiger partial charge < -0.3 is 14.7 Å². The minimum absolute atomic E-state index is 0.00193. The number of hydrogen-bond donors (Lipinski definition) is 1. The quantitative estimate of drug-likeness (QED) is 0.810. The Morgan fingerprint density at radius 2 is 2.53 bits per heavy atom. The third-order valence-electron chi connectivity index (χ3n) is 2.80. The minimum Gasteiger partial charge on any atom is -0.392 e. The van der Waals surface area contributed by atoms with E-state index in [9.17, 15) is 0 Å². The van der Waals surface area contributed by atoms with Gasteiger partial charge in [0.15, 0.2) is 6.10 Å². The van der Waals surface area contributed by atoms with E-state index in [-0.39, 0.29) is 12.7 Å². The lowest BCUT2D eigenvalue weighted by molar-refractivity contribution is 0.0761. The topological polar surface area (TPSA) is 69.4 Å². The molecular formula is C12H15N3O2. The molecule has 0 spiro atoms. The number of aryl methyl sites for hydroxylation is 1. The normalized spacial score (nSPS) is 20.1. The van der Waals surface area contributed by atoms with Crippen LogP contribution in [0.25, 0.3) is 0 Å². The number of hydrogen-bond acceptors (Lipinski definition) is 5. The van der Waals surface area contributed by atoms with Gasteiger partial charge >= 0.3 is 0 Å². The number of aliphatic hydroxyl groups is 1. The van der Waals surface area contributed by atoms with E-state index in [4.69, 9.17) is 15.1 Å². The summed E-state index contributed by atoms with van der Waals surface area (Å²) in [5.74, 6) is 0.866. The molecule has 0 amide bonds. The Balaban J connectivity index is 2.19. The van der Waals surface area contributed by atoms with Crippen molar-refractivity contribution in [2.24, 2.45) is 0 Å². The number of pyridine rings is 1. The molecule has 0 aromatic carbocycles. The van der Waals surface area contributed by atoms with Crippen LogP contribution in [0.4, 0.5) is 5.82 Å². The number of nitrogens with zero attached hydrogens (tertiary/aromatic N) is 3. The lowest BCUT2D eigenvalue weighted by Crippen LogP contribution is -2.42. The maximum absolute atomic E-state index is 9.03. The third-order valence-corrected chi connectivity index (χ3v) is 2.80. The second-order valence-corrected chi connectivity index (χ2v) is 4.08. The molecule has 0 aliphatic carbocycles. The summed E-state index contributed by atoms with van der Waals surface area (Å²) in [6.45, 7) is 3.78. The van der Waals surface area contributed by atoms with Gasteiger partial charge in [-0.2, -0.15) is 5.26 Å². The van der Waals surface area contributed by atoms with Gasteiger partial charge in [0.2, 0.25) is 0 Å². The molecule has 1 unspecified atom stereocenters. The highest BCUT2D eigenvalue weighted by atomic mass is 16.5. The fraction of sp³-hybridized carbons (Fsp3) is 0.500. The molecule has 1 aromatic rings. The van der Waals surface area contributed by atoms with Crippen molar-refractivity contribution in [1.82, 2.24) is 4.98 Å². The van der Waals surface area contributed by atoms with Gasteiger partial charge in [-0.3, -0.25) is 0 Å². The molecule has 17 heavy (non-hydrogen) atoms. The largest absolute Gasteiger partial charge is 0.392 e. The van der Waals surface area contributed by atoms with E-state index < -0.39 is 0 Å². The van der Waals surface area contributed by atoms with Crippen LogP contribution in [0.15, 0.2) is 12.3 Å². The van der Waals surface area contributed by atoms with Gasteiger partial charge in [0, 0.05) is 12.7 Å². The Labute approximate surface area is 100 Å². The summed E-state index contributed by atoms with van der Waals surface area (Å²) >= 11 is 0. The summed E-state index contributed by atoms with van der Waals surface area (Å²) in [7, 11) is 0. The highest BCUT2D eigenvalue weighted by Gasteiger charge is 2.22. The molecule has 0 saturated carbocycles. The predicted molar refractivity (Wildman–Crippen MR) is 62.5 cm³/mol. The Hall–Kier alpha value is -1.64. The Morgan fingerprint density at radius 1 is 1.71 bits per heavy atom. The molecule has 2 rings (SSSR count). The van der Waals surface area contributed by atoms with Crippen molar-refractivity contribution in [3.63, 3.8) is 0 Å². The molecule has 1 aromatic heterocycles. The van der Waals surface area contributed by atoms with Gasteiger partial charge in [-0.1, -0.05) is 0 Å². The summed E-state index contributed by atoms with van der Waals surface area (Å²) in [6.07, 6.45) is 1.28. The van der Waals surface area contributed by atoms with E-state index in [2.05, 4.69) is 11.1 Å². The van der Waals surface area contributed by atoms with Crippen molar-refractivity contribution in [1.29, 1.82) is 5.26 Å². The maximum atomic E-state index is 9.03. The number of ether oxygens (including phenoxy) is 1. The van der Waals surface area contributed by atoms with E-state index >= 15 is 0 Å². The molecule has 5 nitrogen and oxygen atoms in total. The van der Waals surface area contributed by atoms with Crippen LogP contribution in [0.5, 0.6) is 0 Å². The van der Waals surface area contributed by atoms with Crippen LogP contribution < -0.4 is 4.90 Å². The molecule has 1 atom stereocenters. The monoisotopic (exact) mass is 233 g/mol. The number of nitriles is 1. The van der Waals surface area contributed by atoms with E-state index in [0.29, 0.717) is 13.2 Å². The summed E-state index contributed by atoms with van der Waals surface area (Å²) in [4.78, 5) is 6.39. The first kappa shape index (κ1) is 11.8. The number of aromatic nitrogens is 1. The van der Waals surface area contributed by atoms with Crippen LogP contribution in [-0.4, -0.2) is 35.9 Å². The number of anilines is 1. The molecule has 1 fully saturated rings. The average molecular weight is 233 g/mol. The van der Waals surface area contributed by atoms with Gasteiger partial charge in [-0.05, 0) is 24.1 Å². The second kappa shape index (κ2) is 5.13. The molecular weight excluding hydrogens is 218 g/mol. The molecule has 1 aliphatic heterocycles. The van der Waals surface area contributed by atoms with E-state index in [1.807, 2.05) is 17.9 Å². The van der Waals surface area contributed by atoms with Crippen LogP contribution in [0.3, 0.4) is 0 Å². The van der Waals surface area contributed by atoms with Gasteiger partial charge in [0.25, 0.3) is 0 Å². The zero-order valence-electron chi connectivity index (χ0n) is 9.76. The zero-order valence-corrected chi connectivity index (χ0v) is 9.76. The van der Waals surface area contributed by atoms with E-state index in [1.165, 1.54) is 0 Å². The van der Waals surface area contributed by atoms with Gasteiger partial charge in [-0.15, -0.1) is 0 Å². The summed E-state index contributed by atoms with van der Waals surface area (Å²) in [6, 6.07) is 4.03. The lowest BCUT2D eigenvalue weighted by Gasteiger charge is -2.31. The zero-order chi connectivity index (χ0) is 12.3. The van der Waals surface area contributed by atoms with Crippen LogP contribution in [0, 0.1) is 18.3 Å². The summed E-state index contributed by atoms with van der Waals surface area (Å²) in [5, 5.41) is 17.9. The average Bonchev–Trinajstić information content (AvgIpc) is 2.38. The highest BCUT2D eigenvalue weighted by molar-refractivity contribution is 5.48. The smallest absolute Gasteiger partial charge is 0.161 e. The summed E-state index contributed by atoms with van der Waals surface area (Å²) < 4.78 is 5.29. The standard InChI is InChI=1S/C12H15N3O2/c1-9-4-10(8-16)6-14-12(9)15-2-3-17-11(5-13)7-15/h4,6,11,16H,2-3,7-8H2,1H3. The Kier molecular flexibility index (Phi) is 3.57. The van der Waals surface area contributed by atoms with Crippen molar-refractivity contribution in [3.05, 3.63) is 23.4 Å². The molecule has 1 N–H and O–H groups in total. The van der Waals surface area contributed by atoms with Gasteiger partial charge in [0.1, 0.15) is 5.82 Å². The second-order valence-electron chi connectivity index (χ2n) is 4.08. The fourth-order valence-electron chi connectivity index (χ4n) is 1.96. The predicted octanol–water partition coefficient (Wildman–Crippen LogP) is 0.611. The number of rotatable bonds is 2. The van der Waals surface area contributed by atoms with E-state index in [1.54, 1.807) is 6.20 Å². The lowest BCUT2D eigenvalue weighted by atomic mass is 10.2. The highest BCUT2D eigenvalue weighted by Crippen LogP contribution is 2.20. The van der Waals surface area contributed by atoms with Crippen LogP contribution in [0.2, 0.25) is 0 Å². The first-order chi connectivity index (χ1) is 8.24. The Bertz CT molecular complexity index is 442. The van der Waals surface area contributed by atoms with Crippen molar-refractivity contribution in [3.8, 4) is 6.07 Å². The fourth-order valence-corrected chi connectivity index (χ4v) is 1.96. The van der Waals surface area contributed by atoms with Gasteiger partial charge in [0.05, 0.1) is 25.8 Å². The van der Waals surface area contributed by atoms with E-state index in [0.717, 1.165) is 23.5 Å². The first-order valence-electron chi connectivity index (χ1n) is 5.57. The van der Waals surface area contributed by atoms with Crippen LogP contribution in [-0.2, 0) is 11.3 Å². The molecule has 5 heteroatoms. The molecule has 0 bridgehead atoms. The van der Waals surface area contributed by atoms with Crippen molar-refractivity contribution in [2.75, 3.05) is 24.6 Å². The molecule has 0 radical (unpaired) electrons. The minimum atomic E-state index is -0.387. The Morgan fingerprint density at radius 3 is 3.18 bits per heavy atom. The number of aliphatic hydroxyl groups excluding tert-OH is 1. The van der Waals surface area contributed by atoms with Crippen molar-refractivity contribution in [2.45, 2.75) is 19.6 Å². The van der Waals surface area contributed by atoms with Gasteiger partial charge in [-0.25, -0.2) is 4.98 Å². The van der Waals surface area contributed by atoms with Crippen LogP contribution in [0.1, 0.15) is 11.1 Å². The van der Waals surface area contributed by atoms with Crippen molar-refractivity contribution >= 4 is 5.82 Å². The molecule has 90 valence electrons. The SMILES string of the molecule is Cc1cc(CO)cnc1N1CCOC(C#N)C1. The molecule has 1 aliphatic rings.